The Bertz CT molecular complexity index is 1230. The van der Waals surface area contributed by atoms with Gasteiger partial charge in [0.2, 0.25) is 5.88 Å². The highest BCUT2D eigenvalue weighted by Gasteiger charge is 2.31. The minimum atomic E-state index is -3.56. The molecule has 178 valence electrons. The van der Waals surface area contributed by atoms with Crippen molar-refractivity contribution in [3.63, 3.8) is 0 Å². The van der Waals surface area contributed by atoms with Crippen LogP contribution in [0.15, 0.2) is 21.5 Å². The van der Waals surface area contributed by atoms with Crippen molar-refractivity contribution in [1.29, 1.82) is 0 Å². The van der Waals surface area contributed by atoms with Crippen LogP contribution < -0.4 is 15.2 Å². The first kappa shape index (κ1) is 22.3. The monoisotopic (exact) mass is 474 g/mol. The summed E-state index contributed by atoms with van der Waals surface area (Å²) in [6.07, 6.45) is 4.92. The lowest BCUT2D eigenvalue weighted by Crippen LogP contribution is -2.34. The molecule has 33 heavy (non-hydrogen) atoms. The average molecular weight is 475 g/mol. The molecule has 2 aliphatic carbocycles. The molecule has 3 unspecified atom stereocenters. The highest BCUT2D eigenvalue weighted by Crippen LogP contribution is 2.42. The summed E-state index contributed by atoms with van der Waals surface area (Å²) in [6, 6.07) is 1.29. The maximum Gasteiger partial charge on any atom is 0.354 e. The van der Waals surface area contributed by atoms with Crippen molar-refractivity contribution >= 4 is 21.6 Å². The maximum atomic E-state index is 13.3. The molecule has 1 aromatic carbocycles. The number of hydrogen-bond donors (Lipinski definition) is 3. The average Bonchev–Trinajstić information content (AvgIpc) is 3.46. The van der Waals surface area contributed by atoms with Crippen molar-refractivity contribution in [2.45, 2.75) is 49.6 Å². The number of urea groups is 1. The van der Waals surface area contributed by atoms with Crippen molar-refractivity contribution in [3.05, 3.63) is 34.5 Å². The van der Waals surface area contributed by atoms with Crippen LogP contribution in [-0.2, 0) is 35.7 Å². The summed E-state index contributed by atoms with van der Waals surface area (Å²) in [6.45, 7) is 1.89. The zero-order valence-corrected chi connectivity index (χ0v) is 19.7. The molecule has 0 radical (unpaired) electrons. The molecular formula is C22H30N6O4S. The van der Waals surface area contributed by atoms with Crippen LogP contribution in [0, 0.1) is 5.92 Å². The third-order valence-corrected chi connectivity index (χ3v) is 7.95. The Labute approximate surface area is 193 Å². The third kappa shape index (κ3) is 4.14. The van der Waals surface area contributed by atoms with Gasteiger partial charge in [0.15, 0.2) is 9.92 Å². The number of nitrogens with one attached hydrogen (secondary N) is 1. The first-order valence-corrected chi connectivity index (χ1v) is 12.9. The first-order chi connectivity index (χ1) is 15.7. The number of hydrogen-bond acceptors (Lipinski definition) is 6. The van der Waals surface area contributed by atoms with E-state index in [0.29, 0.717) is 37.6 Å². The van der Waals surface area contributed by atoms with Gasteiger partial charge in [0.1, 0.15) is 4.90 Å². The number of carbonyl (C=O) groups excluding carboxylic acids is 1. The fourth-order valence-corrected chi connectivity index (χ4v) is 6.23. The first-order valence-electron chi connectivity index (χ1n) is 11.3. The number of amides is 2. The second kappa shape index (κ2) is 8.39. The number of carbonyl (C=O) groups is 1. The van der Waals surface area contributed by atoms with Crippen molar-refractivity contribution in [1.82, 2.24) is 14.7 Å². The lowest BCUT2D eigenvalue weighted by atomic mass is 9.98. The molecule has 1 aromatic heterocycles. The van der Waals surface area contributed by atoms with Crippen LogP contribution in [0.4, 0.5) is 10.5 Å². The van der Waals surface area contributed by atoms with Gasteiger partial charge in [-0.3, -0.25) is 0 Å². The van der Waals surface area contributed by atoms with Gasteiger partial charge in [0, 0.05) is 18.2 Å². The van der Waals surface area contributed by atoms with Gasteiger partial charge in [-0.15, -0.1) is 4.36 Å². The lowest BCUT2D eigenvalue weighted by Gasteiger charge is -2.26. The predicted molar refractivity (Wildman–Crippen MR) is 124 cm³/mol. The van der Waals surface area contributed by atoms with Gasteiger partial charge in [-0.2, -0.15) is 5.10 Å². The van der Waals surface area contributed by atoms with Crippen molar-refractivity contribution in [2.75, 3.05) is 32.6 Å². The Morgan fingerprint density at radius 2 is 2.21 bits per heavy atom. The molecule has 10 nitrogen and oxygen atoms in total. The molecule has 0 saturated heterocycles. The summed E-state index contributed by atoms with van der Waals surface area (Å²) >= 11 is 0. The van der Waals surface area contributed by atoms with Gasteiger partial charge in [0.05, 0.1) is 25.5 Å². The summed E-state index contributed by atoms with van der Waals surface area (Å²) < 4.78 is 24.6. The number of fused-ring (bicyclic) bond motifs is 3. The van der Waals surface area contributed by atoms with Gasteiger partial charge < -0.3 is 20.1 Å². The fraction of sp³-hybridized carbons (Fsp3) is 0.545. The topological polar surface area (TPSA) is 135 Å². The predicted octanol–water partition coefficient (Wildman–Crippen LogP) is 1.85. The SMILES string of the molecule is CN(C)CC1COc2c(S(N)(=O)=NC(=O)Nc3c4c(cc5c3CCC5O)CCC4)cnn2C1. The number of aromatic nitrogens is 2. The Hall–Kier alpha value is -2.47. The number of nitrogens with zero attached hydrogens (tertiary/aromatic N) is 4. The number of aliphatic hydroxyl groups is 1. The van der Waals surface area contributed by atoms with E-state index in [2.05, 4.69) is 25.7 Å². The van der Waals surface area contributed by atoms with Gasteiger partial charge in [-0.05, 0) is 68.5 Å². The molecule has 1 aliphatic heterocycles. The summed E-state index contributed by atoms with van der Waals surface area (Å²) in [7, 11) is 0.423. The molecule has 0 bridgehead atoms. The number of aliphatic hydroxyl groups excluding tert-OH is 1. The van der Waals surface area contributed by atoms with Gasteiger partial charge in [-0.25, -0.2) is 18.8 Å². The Balaban J connectivity index is 1.42. The zero-order valence-electron chi connectivity index (χ0n) is 18.9. The molecule has 2 heterocycles. The maximum absolute atomic E-state index is 13.3. The summed E-state index contributed by atoms with van der Waals surface area (Å²) in [4.78, 5) is 15.1. The van der Waals surface area contributed by atoms with E-state index in [4.69, 9.17) is 9.88 Å². The third-order valence-electron chi connectivity index (χ3n) is 6.60. The van der Waals surface area contributed by atoms with E-state index < -0.39 is 22.1 Å². The fourth-order valence-electron chi connectivity index (χ4n) is 5.22. The summed E-state index contributed by atoms with van der Waals surface area (Å²) in [5.41, 5.74) is 4.72. The molecule has 3 atom stereocenters. The number of aryl methyl sites for hydroxylation is 1. The van der Waals surface area contributed by atoms with E-state index in [9.17, 15) is 14.1 Å². The van der Waals surface area contributed by atoms with Gasteiger partial charge in [-0.1, -0.05) is 6.07 Å². The van der Waals surface area contributed by atoms with E-state index in [1.165, 1.54) is 6.20 Å². The molecule has 0 saturated carbocycles. The number of nitrogens with two attached hydrogens (primary N) is 1. The Morgan fingerprint density at radius 3 is 3.00 bits per heavy atom. The smallest absolute Gasteiger partial charge is 0.354 e. The highest BCUT2D eigenvalue weighted by atomic mass is 32.2. The molecule has 2 aromatic rings. The zero-order chi connectivity index (χ0) is 23.3. The second-order valence-corrected chi connectivity index (χ2v) is 11.2. The van der Waals surface area contributed by atoms with Crippen LogP contribution in [0.1, 0.15) is 41.2 Å². The van der Waals surface area contributed by atoms with Crippen LogP contribution in [0.2, 0.25) is 0 Å². The molecule has 5 rings (SSSR count). The molecule has 11 heteroatoms. The number of rotatable bonds is 4. The quantitative estimate of drug-likeness (QED) is 0.619. The number of ether oxygens (including phenoxy) is 1. The van der Waals surface area contributed by atoms with E-state index in [0.717, 1.165) is 48.1 Å². The van der Waals surface area contributed by atoms with Crippen molar-refractivity contribution in [3.8, 4) is 5.88 Å². The van der Waals surface area contributed by atoms with E-state index in [1.807, 2.05) is 14.1 Å². The molecule has 4 N–H and O–H groups in total. The molecule has 3 aliphatic rings. The number of benzene rings is 1. The Kier molecular flexibility index (Phi) is 5.68. The minimum absolute atomic E-state index is 0.125. The van der Waals surface area contributed by atoms with Gasteiger partial charge >= 0.3 is 6.03 Å². The Morgan fingerprint density at radius 1 is 1.39 bits per heavy atom. The normalized spacial score (nSPS) is 22.8. The van der Waals surface area contributed by atoms with E-state index >= 15 is 0 Å². The van der Waals surface area contributed by atoms with Crippen molar-refractivity contribution in [2.24, 2.45) is 15.4 Å². The number of anilines is 1. The largest absolute Gasteiger partial charge is 0.476 e. The van der Waals surface area contributed by atoms with E-state index in [-0.39, 0.29) is 10.8 Å². The van der Waals surface area contributed by atoms with Crippen LogP contribution in [0.25, 0.3) is 0 Å². The van der Waals surface area contributed by atoms with Crippen LogP contribution in [0.5, 0.6) is 5.88 Å². The molecule has 2 amide bonds. The summed E-state index contributed by atoms with van der Waals surface area (Å²) in [5, 5.41) is 23.5. The second-order valence-electron chi connectivity index (χ2n) is 9.39. The standard InChI is InChI=1S/C22H30N6O4S/c1-27(2)10-13-11-28-21(32-12-13)19(9-24-28)33(23,31)26-22(30)25-20-15-5-3-4-14(15)8-17-16(20)6-7-18(17)29/h8-9,13,18,29H,3-7,10-12H2,1-2H3,(H3,23,25,26,30,31). The van der Waals surface area contributed by atoms with Crippen LogP contribution in [-0.4, -0.2) is 57.3 Å². The van der Waals surface area contributed by atoms with Crippen LogP contribution >= 0.6 is 0 Å². The summed E-state index contributed by atoms with van der Waals surface area (Å²) in [5.74, 6) is 0.547. The van der Waals surface area contributed by atoms with Crippen molar-refractivity contribution < 1.29 is 18.8 Å². The van der Waals surface area contributed by atoms with Crippen LogP contribution in [0.3, 0.4) is 0 Å². The molecular weight excluding hydrogens is 444 g/mol. The van der Waals surface area contributed by atoms with Gasteiger partial charge in [0.25, 0.3) is 0 Å². The molecule has 0 fully saturated rings. The highest BCUT2D eigenvalue weighted by molar-refractivity contribution is 7.91. The minimum Gasteiger partial charge on any atom is -0.476 e. The molecule has 0 spiro atoms. The lowest BCUT2D eigenvalue weighted by molar-refractivity contribution is 0.136. The van der Waals surface area contributed by atoms with E-state index in [1.54, 1.807) is 4.68 Å².